The van der Waals surface area contributed by atoms with E-state index in [1.165, 1.54) is 12.1 Å². The van der Waals surface area contributed by atoms with Gasteiger partial charge in [0.05, 0.1) is 7.11 Å². The van der Waals surface area contributed by atoms with Crippen LogP contribution in [0.5, 0.6) is 11.5 Å². The summed E-state index contributed by atoms with van der Waals surface area (Å²) in [6, 6.07) is 22.8. The number of methoxy groups -OCH3 is 1. The van der Waals surface area contributed by atoms with Crippen molar-refractivity contribution < 1.29 is 18.7 Å². The monoisotopic (exact) mass is 427 g/mol. The Balaban J connectivity index is 1.48. The molecule has 5 heteroatoms. The molecule has 0 amide bonds. The van der Waals surface area contributed by atoms with Crippen molar-refractivity contribution in [1.82, 2.24) is 4.57 Å². The Morgan fingerprint density at radius 3 is 2.50 bits per heavy atom. The van der Waals surface area contributed by atoms with Crippen LogP contribution in [0.25, 0.3) is 11.8 Å². The molecule has 0 aliphatic heterocycles. The van der Waals surface area contributed by atoms with Gasteiger partial charge < -0.3 is 14.0 Å². The number of hydrogen-bond acceptors (Lipinski definition) is 3. The van der Waals surface area contributed by atoms with Gasteiger partial charge in [-0.25, -0.2) is 4.39 Å². The van der Waals surface area contributed by atoms with Gasteiger partial charge in [-0.1, -0.05) is 24.3 Å². The van der Waals surface area contributed by atoms with E-state index in [1.54, 1.807) is 37.5 Å². The molecule has 0 N–H and O–H groups in total. The van der Waals surface area contributed by atoms with E-state index in [0.717, 1.165) is 16.8 Å². The van der Waals surface area contributed by atoms with Crippen molar-refractivity contribution in [2.45, 2.75) is 6.61 Å². The molecule has 0 spiro atoms. The average molecular weight is 427 g/mol. The highest BCUT2D eigenvalue weighted by Crippen LogP contribution is 2.23. The van der Waals surface area contributed by atoms with Crippen LogP contribution in [0.1, 0.15) is 21.5 Å². The summed E-state index contributed by atoms with van der Waals surface area (Å²) in [5.41, 5.74) is 3.21. The summed E-state index contributed by atoms with van der Waals surface area (Å²) in [5.74, 6) is 0.840. The van der Waals surface area contributed by atoms with E-state index in [1.807, 2.05) is 65.5 Å². The summed E-state index contributed by atoms with van der Waals surface area (Å²) in [6.45, 7) is 0.253. The Kier molecular flexibility index (Phi) is 6.46. The van der Waals surface area contributed by atoms with Gasteiger partial charge in [0.25, 0.3) is 0 Å². The number of ether oxygens (including phenoxy) is 2. The van der Waals surface area contributed by atoms with Gasteiger partial charge >= 0.3 is 0 Å². The molecule has 0 aliphatic rings. The number of nitrogens with zero attached hydrogens (tertiary/aromatic N) is 1. The predicted molar refractivity (Wildman–Crippen MR) is 123 cm³/mol. The molecule has 4 aromatic rings. The van der Waals surface area contributed by atoms with Gasteiger partial charge in [-0.2, -0.15) is 0 Å². The summed E-state index contributed by atoms with van der Waals surface area (Å²) in [6.07, 6.45) is 7.20. The number of rotatable bonds is 8. The molecule has 32 heavy (non-hydrogen) atoms. The second-order valence-corrected chi connectivity index (χ2v) is 7.15. The molecule has 1 heterocycles. The first kappa shape index (κ1) is 21.1. The van der Waals surface area contributed by atoms with Crippen LogP contribution in [0.2, 0.25) is 0 Å². The third-order valence-electron chi connectivity index (χ3n) is 4.97. The van der Waals surface area contributed by atoms with E-state index in [-0.39, 0.29) is 18.2 Å². The largest absolute Gasteiger partial charge is 0.496 e. The average Bonchev–Trinajstić information content (AvgIpc) is 3.37. The van der Waals surface area contributed by atoms with Crippen LogP contribution < -0.4 is 9.47 Å². The summed E-state index contributed by atoms with van der Waals surface area (Å²) < 4.78 is 26.2. The van der Waals surface area contributed by atoms with E-state index in [9.17, 15) is 9.18 Å². The molecule has 160 valence electrons. The predicted octanol–water partition coefficient (Wildman–Crippen LogP) is 6.10. The Bertz CT molecular complexity index is 1230. The van der Waals surface area contributed by atoms with E-state index in [2.05, 4.69) is 0 Å². The minimum Gasteiger partial charge on any atom is -0.496 e. The van der Waals surface area contributed by atoms with Gasteiger partial charge in [0.2, 0.25) is 0 Å². The van der Waals surface area contributed by atoms with Crippen LogP contribution >= 0.6 is 0 Å². The number of halogens is 1. The highest BCUT2D eigenvalue weighted by molar-refractivity contribution is 6.07. The van der Waals surface area contributed by atoms with Crippen LogP contribution in [0.15, 0.2) is 97.3 Å². The molecule has 0 fully saturated rings. The van der Waals surface area contributed by atoms with Crippen molar-refractivity contribution in [2.24, 2.45) is 0 Å². The number of carbonyl (C=O) groups is 1. The number of hydrogen-bond donors (Lipinski definition) is 0. The maximum Gasteiger partial charge on any atom is 0.185 e. The first-order valence-electron chi connectivity index (χ1n) is 10.1. The van der Waals surface area contributed by atoms with Crippen molar-refractivity contribution in [1.29, 1.82) is 0 Å². The summed E-state index contributed by atoms with van der Waals surface area (Å²) in [5, 5.41) is 0. The van der Waals surface area contributed by atoms with Gasteiger partial charge in [-0.05, 0) is 72.3 Å². The molecule has 0 bridgehead atoms. The van der Waals surface area contributed by atoms with Gasteiger partial charge in [-0.15, -0.1) is 0 Å². The number of allylic oxidation sites excluding steroid dienone is 1. The molecule has 0 atom stereocenters. The van der Waals surface area contributed by atoms with E-state index in [4.69, 9.17) is 9.47 Å². The zero-order valence-corrected chi connectivity index (χ0v) is 17.6. The topological polar surface area (TPSA) is 40.5 Å². The van der Waals surface area contributed by atoms with Gasteiger partial charge in [0.15, 0.2) is 5.78 Å². The van der Waals surface area contributed by atoms with Crippen molar-refractivity contribution in [3.63, 3.8) is 0 Å². The molecule has 0 aliphatic carbocycles. The highest BCUT2D eigenvalue weighted by Gasteiger charge is 2.07. The number of ketones is 1. The molecular formula is C27H22FNO3. The lowest BCUT2D eigenvalue weighted by atomic mass is 10.1. The Hall–Kier alpha value is -4.12. The Morgan fingerprint density at radius 1 is 0.969 bits per heavy atom. The molecule has 0 saturated heterocycles. The van der Waals surface area contributed by atoms with Crippen molar-refractivity contribution in [2.75, 3.05) is 7.11 Å². The molecule has 0 radical (unpaired) electrons. The molecule has 0 saturated carbocycles. The lowest BCUT2D eigenvalue weighted by Gasteiger charge is -2.11. The second-order valence-electron chi connectivity index (χ2n) is 7.15. The maximum atomic E-state index is 13.1. The third kappa shape index (κ3) is 5.13. The van der Waals surface area contributed by atoms with Crippen molar-refractivity contribution in [3.05, 3.63) is 120 Å². The van der Waals surface area contributed by atoms with Gasteiger partial charge in [0, 0.05) is 29.2 Å². The van der Waals surface area contributed by atoms with Gasteiger partial charge in [0.1, 0.15) is 23.9 Å². The van der Waals surface area contributed by atoms with Crippen LogP contribution in [0, 0.1) is 5.82 Å². The summed E-state index contributed by atoms with van der Waals surface area (Å²) in [4.78, 5) is 12.7. The summed E-state index contributed by atoms with van der Waals surface area (Å²) >= 11 is 0. The lowest BCUT2D eigenvalue weighted by Crippen LogP contribution is -2.00. The number of aromatic nitrogens is 1. The minimum absolute atomic E-state index is 0.0843. The zero-order chi connectivity index (χ0) is 22.3. The SMILES string of the molecule is COc1ccc(/C=C/C(=O)c2cccc(-n3cccc3)c2)cc1COc1ccc(F)cc1. The fourth-order valence-corrected chi connectivity index (χ4v) is 3.30. The first-order valence-corrected chi connectivity index (χ1v) is 10.1. The smallest absolute Gasteiger partial charge is 0.185 e. The zero-order valence-electron chi connectivity index (χ0n) is 17.6. The standard InChI is InChI=1S/C27H22FNO3/c1-31-27-14-8-20(17-22(27)19-32-25-11-9-23(28)10-12-25)7-13-26(30)21-5-4-6-24(18-21)29-15-2-3-16-29/h2-18H,19H2,1H3/b13-7+. The van der Waals surface area contributed by atoms with Crippen molar-refractivity contribution >= 4 is 11.9 Å². The van der Waals surface area contributed by atoms with Crippen LogP contribution in [0.4, 0.5) is 4.39 Å². The number of carbonyl (C=O) groups excluding carboxylic acids is 1. The second kappa shape index (κ2) is 9.79. The van der Waals surface area contributed by atoms with Crippen LogP contribution in [0.3, 0.4) is 0 Å². The van der Waals surface area contributed by atoms with Crippen LogP contribution in [-0.2, 0) is 6.61 Å². The Labute approximate surface area is 186 Å². The van der Waals surface area contributed by atoms with Crippen molar-refractivity contribution in [3.8, 4) is 17.2 Å². The molecule has 3 aromatic carbocycles. The quantitative estimate of drug-likeness (QED) is 0.252. The van der Waals surface area contributed by atoms with E-state index >= 15 is 0 Å². The molecule has 1 aromatic heterocycles. The Morgan fingerprint density at radius 2 is 1.75 bits per heavy atom. The fraction of sp³-hybridized carbons (Fsp3) is 0.0741. The normalized spacial score (nSPS) is 10.9. The number of benzene rings is 3. The molecule has 0 unspecified atom stereocenters. The van der Waals surface area contributed by atoms with Gasteiger partial charge in [-0.3, -0.25) is 4.79 Å². The first-order chi connectivity index (χ1) is 15.6. The third-order valence-corrected chi connectivity index (χ3v) is 4.97. The summed E-state index contributed by atoms with van der Waals surface area (Å²) in [7, 11) is 1.59. The maximum absolute atomic E-state index is 13.1. The molecule has 4 rings (SSSR count). The lowest BCUT2D eigenvalue weighted by molar-refractivity contribution is 0.104. The van der Waals surface area contributed by atoms with E-state index in [0.29, 0.717) is 17.1 Å². The van der Waals surface area contributed by atoms with Crippen LogP contribution in [-0.4, -0.2) is 17.5 Å². The highest BCUT2D eigenvalue weighted by atomic mass is 19.1. The fourth-order valence-electron chi connectivity index (χ4n) is 3.30. The molecular weight excluding hydrogens is 405 g/mol. The molecule has 4 nitrogen and oxygen atoms in total. The minimum atomic E-state index is -0.314. The van der Waals surface area contributed by atoms with E-state index < -0.39 is 0 Å².